The summed E-state index contributed by atoms with van der Waals surface area (Å²) >= 11 is 3.58. The fraction of sp³-hybridized carbons (Fsp3) is 0.463. The number of hydrogen-bond acceptors (Lipinski definition) is 7. The standard InChI is InChI=1S/C41H42BrF2N5O4/c1-40(2)28-10-9-26(17-33(28)48-32-6-3-5-29(42)36(32)38(52)45-39(40)48)25-12-15-46(16-13-25)20-24-11-14-41(53-21-24)22-47(23-41)27-18-30(43)37(31(44)19-27)49-34(50)7-4-8-35(49)51/h3,5-6,9-10,17-19,24-25H,4,7-8,11-16,20-23H2,1-2H3. The minimum absolute atomic E-state index is 0.0991. The number of benzene rings is 3. The number of ether oxygens (including phenoxy) is 1. The van der Waals surface area contributed by atoms with E-state index >= 15 is 8.78 Å². The fourth-order valence-electron chi connectivity index (χ4n) is 9.43. The van der Waals surface area contributed by atoms with Crippen LogP contribution in [0.15, 0.2) is 57.8 Å². The molecule has 9 nitrogen and oxygen atoms in total. The Kier molecular flexibility index (Phi) is 8.39. The molecule has 9 rings (SSSR count). The maximum atomic E-state index is 15.1. The highest BCUT2D eigenvalue weighted by molar-refractivity contribution is 9.10. The zero-order valence-corrected chi connectivity index (χ0v) is 31.6. The van der Waals surface area contributed by atoms with Crippen molar-refractivity contribution in [1.29, 1.82) is 0 Å². The highest BCUT2D eigenvalue weighted by Crippen LogP contribution is 2.45. The largest absolute Gasteiger partial charge is 0.371 e. The van der Waals surface area contributed by atoms with Gasteiger partial charge in [0.05, 0.1) is 28.6 Å². The summed E-state index contributed by atoms with van der Waals surface area (Å²) in [4.78, 5) is 47.4. The van der Waals surface area contributed by atoms with Crippen LogP contribution in [0.2, 0.25) is 0 Å². The molecule has 276 valence electrons. The van der Waals surface area contributed by atoms with E-state index in [-0.39, 0.29) is 29.4 Å². The molecule has 0 saturated carbocycles. The fourth-order valence-corrected chi connectivity index (χ4v) is 9.96. The Bertz CT molecular complexity index is 2190. The Balaban J connectivity index is 0.806. The van der Waals surface area contributed by atoms with Gasteiger partial charge < -0.3 is 14.5 Å². The predicted molar refractivity (Wildman–Crippen MR) is 202 cm³/mol. The number of rotatable bonds is 5. The summed E-state index contributed by atoms with van der Waals surface area (Å²) in [7, 11) is 0. The van der Waals surface area contributed by atoms with E-state index < -0.39 is 29.1 Å². The lowest BCUT2D eigenvalue weighted by Gasteiger charge is -2.54. The average Bonchev–Trinajstić information content (AvgIpc) is 3.34. The third-order valence-corrected chi connectivity index (χ3v) is 13.1. The van der Waals surface area contributed by atoms with Gasteiger partial charge in [-0.3, -0.25) is 19.0 Å². The van der Waals surface area contributed by atoms with Crippen molar-refractivity contribution in [2.24, 2.45) is 5.92 Å². The minimum atomic E-state index is -0.902. The monoisotopic (exact) mass is 785 g/mol. The summed E-state index contributed by atoms with van der Waals surface area (Å²) in [6, 6.07) is 15.1. The molecule has 4 saturated heterocycles. The molecule has 0 radical (unpaired) electrons. The van der Waals surface area contributed by atoms with Gasteiger partial charge in [-0.05, 0) is 128 Å². The quantitative estimate of drug-likeness (QED) is 0.202. The zero-order valence-electron chi connectivity index (χ0n) is 30.0. The van der Waals surface area contributed by atoms with Crippen LogP contribution < -0.4 is 15.4 Å². The number of halogens is 3. The molecule has 5 aliphatic heterocycles. The normalized spacial score (nSPS) is 22.7. The molecule has 3 aromatic carbocycles. The molecule has 4 fully saturated rings. The number of likely N-dealkylation sites (tertiary alicyclic amines) is 1. The number of amides is 2. The van der Waals surface area contributed by atoms with E-state index in [4.69, 9.17) is 4.74 Å². The zero-order chi connectivity index (χ0) is 36.8. The predicted octanol–water partition coefficient (Wildman–Crippen LogP) is 6.97. The van der Waals surface area contributed by atoms with E-state index in [2.05, 4.69) is 62.4 Å². The number of imide groups is 1. The molecule has 2 amide bonds. The Morgan fingerprint density at radius 3 is 2.34 bits per heavy atom. The first-order valence-corrected chi connectivity index (χ1v) is 19.5. The molecule has 0 N–H and O–H groups in total. The molecular formula is C41H42BrF2N5O4. The van der Waals surface area contributed by atoms with Gasteiger partial charge in [0.1, 0.15) is 17.1 Å². The lowest BCUT2D eigenvalue weighted by Crippen LogP contribution is -2.65. The Hall–Kier alpha value is -4.00. The maximum Gasteiger partial charge on any atom is 0.281 e. The Morgan fingerprint density at radius 1 is 0.943 bits per heavy atom. The number of piperidine rings is 2. The van der Waals surface area contributed by atoms with Gasteiger partial charge in [0.2, 0.25) is 11.8 Å². The topological polar surface area (TPSA) is 88.0 Å². The lowest BCUT2D eigenvalue weighted by molar-refractivity contribution is -0.129. The average molecular weight is 787 g/mol. The molecule has 0 bridgehead atoms. The van der Waals surface area contributed by atoms with E-state index in [1.165, 1.54) is 23.3 Å². The Morgan fingerprint density at radius 2 is 1.66 bits per heavy atom. The van der Waals surface area contributed by atoms with Crippen LogP contribution in [-0.4, -0.2) is 71.2 Å². The number of hydrogen-bond donors (Lipinski definition) is 0. The van der Waals surface area contributed by atoms with Gasteiger partial charge in [0, 0.05) is 42.6 Å². The molecule has 5 aliphatic rings. The van der Waals surface area contributed by atoms with Crippen LogP contribution in [0, 0.1) is 17.6 Å². The van der Waals surface area contributed by atoms with Crippen molar-refractivity contribution >= 4 is 50.0 Å². The lowest BCUT2D eigenvalue weighted by atomic mass is 9.81. The summed E-state index contributed by atoms with van der Waals surface area (Å²) < 4.78 is 39.7. The molecule has 1 atom stereocenters. The first-order valence-electron chi connectivity index (χ1n) is 18.8. The van der Waals surface area contributed by atoms with Crippen LogP contribution in [0.3, 0.4) is 0 Å². The molecule has 53 heavy (non-hydrogen) atoms. The third kappa shape index (κ3) is 5.74. The first kappa shape index (κ1) is 34.7. The first-order chi connectivity index (χ1) is 25.4. The highest BCUT2D eigenvalue weighted by atomic mass is 79.9. The van der Waals surface area contributed by atoms with Crippen molar-refractivity contribution in [1.82, 2.24) is 14.5 Å². The van der Waals surface area contributed by atoms with Gasteiger partial charge >= 0.3 is 0 Å². The molecule has 4 aromatic rings. The van der Waals surface area contributed by atoms with Crippen LogP contribution in [0.25, 0.3) is 16.6 Å². The summed E-state index contributed by atoms with van der Waals surface area (Å²) in [6.45, 7) is 9.07. The maximum absolute atomic E-state index is 15.1. The number of fused-ring (bicyclic) bond motifs is 5. The summed E-state index contributed by atoms with van der Waals surface area (Å²) in [5, 5.41) is 0.605. The molecule has 1 spiro atoms. The van der Waals surface area contributed by atoms with Crippen molar-refractivity contribution in [2.75, 3.05) is 49.1 Å². The second-order valence-corrected chi connectivity index (χ2v) is 17.0. The van der Waals surface area contributed by atoms with E-state index in [0.717, 1.165) is 66.8 Å². The van der Waals surface area contributed by atoms with Crippen molar-refractivity contribution in [3.8, 4) is 5.69 Å². The Labute approximate surface area is 315 Å². The molecule has 6 heterocycles. The van der Waals surface area contributed by atoms with Crippen LogP contribution in [0.5, 0.6) is 0 Å². The number of nitrogens with zero attached hydrogens (tertiary/aromatic N) is 5. The van der Waals surface area contributed by atoms with Gasteiger partial charge in [-0.2, -0.15) is 4.98 Å². The van der Waals surface area contributed by atoms with Gasteiger partial charge in [-0.15, -0.1) is 0 Å². The summed E-state index contributed by atoms with van der Waals surface area (Å²) in [5.74, 6) is -1.28. The molecule has 12 heteroatoms. The molecule has 1 unspecified atom stereocenters. The van der Waals surface area contributed by atoms with E-state index in [1.807, 2.05) is 23.1 Å². The second kappa shape index (κ2) is 12.8. The van der Waals surface area contributed by atoms with Crippen LogP contribution in [0.1, 0.15) is 81.7 Å². The molecule has 0 aliphatic carbocycles. The van der Waals surface area contributed by atoms with Crippen molar-refractivity contribution < 1.29 is 23.1 Å². The van der Waals surface area contributed by atoms with Crippen LogP contribution in [-0.2, 0) is 19.7 Å². The van der Waals surface area contributed by atoms with Crippen molar-refractivity contribution in [2.45, 2.75) is 75.7 Å². The number of aromatic nitrogens is 2. The highest BCUT2D eigenvalue weighted by Gasteiger charge is 2.47. The molecule has 1 aromatic heterocycles. The summed E-state index contributed by atoms with van der Waals surface area (Å²) in [5.41, 5.74) is 3.41. The van der Waals surface area contributed by atoms with E-state index in [1.54, 1.807) is 0 Å². The van der Waals surface area contributed by atoms with Gasteiger partial charge in [0.15, 0.2) is 11.6 Å². The van der Waals surface area contributed by atoms with Gasteiger partial charge in [-0.1, -0.05) is 18.2 Å². The summed E-state index contributed by atoms with van der Waals surface area (Å²) in [6.07, 6.45) is 4.67. The van der Waals surface area contributed by atoms with Crippen LogP contribution in [0.4, 0.5) is 20.2 Å². The SMILES string of the molecule is CC1(C)c2ccc(C3CCN(CC4CCC5(CN(c6cc(F)c(N7C(=O)CCCC7=O)c(F)c6)C5)OC4)CC3)cc2-n2c1nc(=O)c1c(Br)cccc12. The number of carbonyl (C=O) groups is 2. The third-order valence-electron chi connectivity index (χ3n) is 12.4. The smallest absolute Gasteiger partial charge is 0.281 e. The number of anilines is 2. The van der Waals surface area contributed by atoms with Crippen molar-refractivity contribution in [3.63, 3.8) is 0 Å². The number of carbonyl (C=O) groups excluding carboxylic acids is 2. The van der Waals surface area contributed by atoms with Gasteiger partial charge in [0.25, 0.3) is 5.56 Å². The van der Waals surface area contributed by atoms with Crippen LogP contribution >= 0.6 is 15.9 Å². The second-order valence-electron chi connectivity index (χ2n) is 16.2. The molecular weight excluding hydrogens is 744 g/mol. The van der Waals surface area contributed by atoms with E-state index in [9.17, 15) is 14.4 Å². The van der Waals surface area contributed by atoms with Crippen molar-refractivity contribution in [3.05, 3.63) is 91.9 Å². The van der Waals surface area contributed by atoms with E-state index in [0.29, 0.717) is 53.9 Å². The van der Waals surface area contributed by atoms with Gasteiger partial charge in [-0.25, -0.2) is 13.7 Å². The minimum Gasteiger partial charge on any atom is -0.371 e.